The fourth-order valence-corrected chi connectivity index (χ4v) is 3.71. The second-order valence-corrected chi connectivity index (χ2v) is 7.09. The minimum absolute atomic E-state index is 0.0427. The Morgan fingerprint density at radius 2 is 1.78 bits per heavy atom. The number of hydrogen-bond donors (Lipinski definition) is 2. The molecule has 2 N–H and O–H groups in total. The summed E-state index contributed by atoms with van der Waals surface area (Å²) in [5.74, 6) is 0.399. The summed E-state index contributed by atoms with van der Waals surface area (Å²) < 4.78 is 11.3. The normalized spacial score (nSPS) is 21.1. The molecule has 0 saturated heterocycles. The fraction of sp³-hybridized carbons (Fsp3) is 0.524. The predicted molar refractivity (Wildman–Crippen MR) is 102 cm³/mol. The second-order valence-electron chi connectivity index (χ2n) is 7.09. The molecule has 2 aliphatic rings. The van der Waals surface area contributed by atoms with Crippen LogP contribution in [0, 0.1) is 0 Å². The van der Waals surface area contributed by atoms with Crippen LogP contribution in [0.5, 0.6) is 5.75 Å². The third-order valence-corrected chi connectivity index (χ3v) is 5.09. The number of allylic oxidation sites excluding steroid dienone is 1. The lowest BCUT2D eigenvalue weighted by molar-refractivity contribution is -0.145. The quantitative estimate of drug-likeness (QED) is 0.605. The summed E-state index contributed by atoms with van der Waals surface area (Å²) in [5.41, 5.74) is 1.82. The lowest BCUT2D eigenvalue weighted by atomic mass is 9.95. The van der Waals surface area contributed by atoms with Gasteiger partial charge < -0.3 is 20.1 Å². The molecule has 1 aliphatic carbocycles. The minimum atomic E-state index is -0.535. The van der Waals surface area contributed by atoms with Gasteiger partial charge in [-0.1, -0.05) is 25.0 Å². The van der Waals surface area contributed by atoms with Crippen molar-refractivity contribution >= 4 is 12.0 Å². The van der Waals surface area contributed by atoms with E-state index in [9.17, 15) is 9.59 Å². The van der Waals surface area contributed by atoms with Gasteiger partial charge in [0.2, 0.25) is 0 Å². The lowest BCUT2D eigenvalue weighted by Gasteiger charge is -2.29. The van der Waals surface area contributed by atoms with Gasteiger partial charge in [0.1, 0.15) is 11.9 Å². The van der Waals surface area contributed by atoms with Gasteiger partial charge in [0, 0.05) is 5.70 Å². The van der Waals surface area contributed by atoms with E-state index in [1.54, 1.807) is 6.92 Å². The average molecular weight is 372 g/mol. The molecule has 0 radical (unpaired) electrons. The van der Waals surface area contributed by atoms with Gasteiger partial charge in [0.15, 0.2) is 0 Å². The highest BCUT2D eigenvalue weighted by atomic mass is 16.5. The Balaban J connectivity index is 1.81. The number of rotatable bonds is 5. The van der Waals surface area contributed by atoms with Crippen LogP contribution in [0.25, 0.3) is 0 Å². The van der Waals surface area contributed by atoms with Crippen LogP contribution in [-0.2, 0) is 9.53 Å². The van der Waals surface area contributed by atoms with Crippen LogP contribution in [0.3, 0.4) is 0 Å². The van der Waals surface area contributed by atoms with Gasteiger partial charge in [-0.05, 0) is 57.2 Å². The smallest absolute Gasteiger partial charge is 0.338 e. The van der Waals surface area contributed by atoms with Crippen molar-refractivity contribution in [1.82, 2.24) is 10.6 Å². The summed E-state index contributed by atoms with van der Waals surface area (Å²) in [7, 11) is 0. The van der Waals surface area contributed by atoms with Crippen LogP contribution in [0.1, 0.15) is 64.0 Å². The maximum Gasteiger partial charge on any atom is 0.338 e. The number of carbonyl (C=O) groups is 2. The highest BCUT2D eigenvalue weighted by molar-refractivity contribution is 5.95. The summed E-state index contributed by atoms with van der Waals surface area (Å²) >= 11 is 0. The van der Waals surface area contributed by atoms with Crippen molar-refractivity contribution in [3.63, 3.8) is 0 Å². The summed E-state index contributed by atoms with van der Waals surface area (Å²) in [6.45, 7) is 4.25. The van der Waals surface area contributed by atoms with Gasteiger partial charge >= 0.3 is 12.0 Å². The maximum absolute atomic E-state index is 13.0. The molecule has 1 aromatic carbocycles. The molecule has 2 amide bonds. The van der Waals surface area contributed by atoms with Gasteiger partial charge in [-0.25, -0.2) is 9.59 Å². The van der Waals surface area contributed by atoms with Crippen molar-refractivity contribution in [1.29, 1.82) is 0 Å². The molecule has 0 bridgehead atoms. The Morgan fingerprint density at radius 1 is 1.11 bits per heavy atom. The van der Waals surface area contributed by atoms with Gasteiger partial charge in [-0.3, -0.25) is 0 Å². The first-order valence-corrected chi connectivity index (χ1v) is 9.80. The molecule has 6 heteroatoms. The number of amides is 2. The van der Waals surface area contributed by atoms with Crippen molar-refractivity contribution in [2.24, 2.45) is 0 Å². The maximum atomic E-state index is 13.0. The largest absolute Gasteiger partial charge is 0.494 e. The zero-order valence-corrected chi connectivity index (χ0v) is 16.0. The molecule has 1 aliphatic heterocycles. The highest BCUT2D eigenvalue weighted by Gasteiger charge is 2.33. The van der Waals surface area contributed by atoms with E-state index in [4.69, 9.17) is 9.47 Å². The highest BCUT2D eigenvalue weighted by Crippen LogP contribution is 2.30. The van der Waals surface area contributed by atoms with Gasteiger partial charge in [-0.2, -0.15) is 0 Å². The Hall–Kier alpha value is -2.50. The number of nitrogens with one attached hydrogen (secondary N) is 2. The molecule has 1 atom stereocenters. The molecule has 1 aromatic rings. The lowest BCUT2D eigenvalue weighted by Crippen LogP contribution is -2.45. The van der Waals surface area contributed by atoms with E-state index in [1.165, 1.54) is 12.8 Å². The summed E-state index contributed by atoms with van der Waals surface area (Å²) in [5, 5.41) is 5.54. The first-order valence-electron chi connectivity index (χ1n) is 9.80. The zero-order valence-electron chi connectivity index (χ0n) is 16.0. The molecule has 0 spiro atoms. The Kier molecular flexibility index (Phi) is 6.37. The molecule has 1 heterocycles. The molecule has 1 saturated carbocycles. The summed E-state index contributed by atoms with van der Waals surface area (Å²) in [6, 6.07) is 6.57. The second kappa shape index (κ2) is 8.93. The Morgan fingerprint density at radius 3 is 2.41 bits per heavy atom. The van der Waals surface area contributed by atoms with Crippen molar-refractivity contribution in [2.45, 2.75) is 64.5 Å². The van der Waals surface area contributed by atoms with E-state index in [1.807, 2.05) is 31.2 Å². The van der Waals surface area contributed by atoms with E-state index in [0.29, 0.717) is 17.9 Å². The number of benzene rings is 1. The molecule has 3 rings (SSSR count). The molecule has 146 valence electrons. The number of carbonyl (C=O) groups excluding carboxylic acids is 2. The standard InChI is InChI=1S/C21H28N2O4/c1-3-26-16-12-10-15(11-13-16)19-18(14(2)22-21(25)23-19)20(24)27-17-8-6-4-5-7-9-17/h10-13,17,19H,3-9H2,1-2H3,(H2,22,23,25)/t19-/m1/s1. The molecule has 6 nitrogen and oxygen atoms in total. The zero-order chi connectivity index (χ0) is 19.2. The molecular weight excluding hydrogens is 344 g/mol. The van der Waals surface area contributed by atoms with E-state index in [2.05, 4.69) is 10.6 Å². The van der Waals surface area contributed by atoms with Gasteiger partial charge in [-0.15, -0.1) is 0 Å². The number of ether oxygens (including phenoxy) is 2. The minimum Gasteiger partial charge on any atom is -0.494 e. The van der Waals surface area contributed by atoms with Crippen molar-refractivity contribution in [2.75, 3.05) is 6.61 Å². The summed E-state index contributed by atoms with van der Waals surface area (Å²) in [6.07, 6.45) is 6.35. The molecule has 1 fully saturated rings. The van der Waals surface area contributed by atoms with Crippen LogP contribution in [0.2, 0.25) is 0 Å². The van der Waals surface area contributed by atoms with E-state index in [-0.39, 0.29) is 18.1 Å². The Bertz CT molecular complexity index is 703. The van der Waals surface area contributed by atoms with Crippen molar-refractivity contribution in [3.8, 4) is 5.75 Å². The van der Waals surface area contributed by atoms with E-state index >= 15 is 0 Å². The van der Waals surface area contributed by atoms with Crippen LogP contribution >= 0.6 is 0 Å². The van der Waals surface area contributed by atoms with Crippen molar-refractivity contribution < 1.29 is 19.1 Å². The molecule has 27 heavy (non-hydrogen) atoms. The predicted octanol–water partition coefficient (Wildman–Crippen LogP) is 3.98. The van der Waals surface area contributed by atoms with Crippen LogP contribution in [0.15, 0.2) is 35.5 Å². The average Bonchev–Trinajstić information content (AvgIpc) is 2.90. The third-order valence-electron chi connectivity index (χ3n) is 5.09. The van der Waals surface area contributed by atoms with Gasteiger partial charge in [0.05, 0.1) is 18.2 Å². The summed E-state index contributed by atoms with van der Waals surface area (Å²) in [4.78, 5) is 24.9. The number of esters is 1. The monoisotopic (exact) mass is 372 g/mol. The Labute approximate surface area is 160 Å². The van der Waals surface area contributed by atoms with Gasteiger partial charge in [0.25, 0.3) is 0 Å². The van der Waals surface area contributed by atoms with E-state index < -0.39 is 6.04 Å². The first kappa shape index (κ1) is 19.3. The van der Waals surface area contributed by atoms with E-state index in [0.717, 1.165) is 37.0 Å². The molecular formula is C21H28N2O4. The number of urea groups is 1. The third kappa shape index (κ3) is 4.81. The SMILES string of the molecule is CCOc1ccc([C@H]2NC(=O)NC(C)=C2C(=O)OC2CCCCCC2)cc1. The van der Waals surface area contributed by atoms with Crippen LogP contribution in [0.4, 0.5) is 4.79 Å². The fourth-order valence-electron chi connectivity index (χ4n) is 3.71. The topological polar surface area (TPSA) is 76.7 Å². The van der Waals surface area contributed by atoms with Crippen molar-refractivity contribution in [3.05, 3.63) is 41.1 Å². The molecule has 0 unspecified atom stereocenters. The van der Waals surface area contributed by atoms with Crippen LogP contribution < -0.4 is 15.4 Å². The molecule has 0 aromatic heterocycles. The number of hydrogen-bond acceptors (Lipinski definition) is 4. The first-order chi connectivity index (χ1) is 13.1. The van der Waals surface area contributed by atoms with Crippen LogP contribution in [-0.4, -0.2) is 24.7 Å².